The third-order valence-corrected chi connectivity index (χ3v) is 16.2. The summed E-state index contributed by atoms with van der Waals surface area (Å²) in [5, 5.41) is 53.8. The average molecular weight is 1460 g/mol. The number of hydrogen-bond acceptors (Lipinski definition) is 23. The van der Waals surface area contributed by atoms with Gasteiger partial charge in [-0.2, -0.15) is 23.5 Å². The van der Waals surface area contributed by atoms with Gasteiger partial charge in [0.05, 0.1) is 38.0 Å². The molecule has 25 N–H and O–H groups in total. The van der Waals surface area contributed by atoms with Crippen molar-refractivity contribution in [2.75, 3.05) is 50.2 Å². The Morgan fingerprint density at radius 3 is 1.26 bits per heavy atom. The lowest BCUT2D eigenvalue weighted by Gasteiger charge is -2.28. The largest absolute Gasteiger partial charge is 0.480 e. The topological polar surface area (TPSA) is 615 Å². The molecule has 0 radical (unpaired) electrons. The summed E-state index contributed by atoms with van der Waals surface area (Å²) in [5.74, 6) is -14.5. The molecule has 1 aromatic rings. The smallest absolute Gasteiger partial charge is 0.326 e. The van der Waals surface area contributed by atoms with Crippen molar-refractivity contribution >= 4 is 118 Å². The Bertz CT molecular complexity index is 2910. The van der Waals surface area contributed by atoms with Crippen LogP contribution in [0.3, 0.4) is 0 Å². The Hall–Kier alpha value is -8.73. The van der Waals surface area contributed by atoms with Gasteiger partial charge in [0.1, 0.15) is 72.5 Å². The number of imidazole rings is 1. The van der Waals surface area contributed by atoms with E-state index in [1.165, 1.54) is 77.6 Å². The molecule has 0 bridgehead atoms. The molecule has 0 aromatic carbocycles. The zero-order chi connectivity index (χ0) is 75.9. The molecule has 14 atom stereocenters. The molecule has 40 heteroatoms. The summed E-state index contributed by atoms with van der Waals surface area (Å²) in [6.45, 7) is 10.1. The maximum atomic E-state index is 14.4. The number of nitrogens with zero attached hydrogens (tertiary/aromatic N) is 1. The second-order valence-electron chi connectivity index (χ2n) is 24.0. The summed E-state index contributed by atoms with van der Waals surface area (Å²) < 4.78 is 0. The molecule has 0 saturated carbocycles. The van der Waals surface area contributed by atoms with Crippen LogP contribution in [0.15, 0.2) is 12.5 Å². The fourth-order valence-electron chi connectivity index (χ4n) is 9.00. The summed E-state index contributed by atoms with van der Waals surface area (Å²) >= 11 is 2.62. The van der Waals surface area contributed by atoms with Gasteiger partial charge in [-0.3, -0.25) is 71.9 Å². The van der Waals surface area contributed by atoms with Crippen LogP contribution < -0.4 is 97.4 Å². The highest BCUT2D eigenvalue weighted by Gasteiger charge is 2.37. The highest BCUT2D eigenvalue weighted by atomic mass is 32.2. The van der Waals surface area contributed by atoms with Gasteiger partial charge in [0.15, 0.2) is 0 Å². The van der Waals surface area contributed by atoms with Crippen LogP contribution in [-0.2, 0) is 83.1 Å². The van der Waals surface area contributed by atoms with Crippen molar-refractivity contribution < 1.29 is 86.9 Å². The van der Waals surface area contributed by atoms with Crippen LogP contribution in [-0.4, -0.2) is 250 Å². The van der Waals surface area contributed by atoms with Crippen LogP contribution in [0, 0.1) is 5.92 Å². The molecular weight excluding hydrogens is 1350 g/mol. The van der Waals surface area contributed by atoms with Crippen molar-refractivity contribution in [3.8, 4) is 0 Å². The SMILES string of the molecule is CSCC[C@H](NC(=O)[C@H](Cc1cnc[nH]1)NC(=O)[C@H](CCCCN)NC(=O)[C@H](CCSC)NC(=O)[C@H](CC(N)=O)NC(=O)[C@@H](NC(=O)[C@@H](N)CCCCN)[C@@H](C)O)C(=O)N[C@@H](C)C(=O)NCC(=O)N[C@@H](C)C(=O)N[C@@H](C)C(=O)N[C@@H](C)C(=O)NCC(=O)N[C@@H](C)C(=O)N[C@H](C(=O)O)C(C)C. The van der Waals surface area contributed by atoms with E-state index in [-0.39, 0.29) is 50.8 Å². The Kier molecular flexibility index (Phi) is 42.3. The molecule has 564 valence electrons. The lowest BCUT2D eigenvalue weighted by molar-refractivity contribution is -0.143. The number of thioether (sulfide) groups is 2. The number of hydrogen-bond donors (Lipinski definition) is 21. The summed E-state index contributed by atoms with van der Waals surface area (Å²) in [6, 6.07) is -17.6. The standard InChI is InChI=1S/C60H104N20O18S2/c1-29(2)46(60(97)98)79-52(89)33(6)70-45(84)27-66-48(85)30(3)71-51(88)34(7)72-50(87)32(5)69-44(83)26-67-49(86)31(4)73-54(91)39(17-21-99-9)75-57(94)41(23-36-25-65-28-68-36)77-55(92)38(16-12-14-20-62)74-56(93)40(18-22-100-10)76-58(95)42(24-43(64)82)78-59(96)47(35(8)81)80-53(90)37(63)15-11-13-19-61/h25,28-35,37-42,46-47,81H,11-24,26-27,61-63H2,1-10H3,(H2,64,82)(H,65,68)(H,66,85)(H,67,86)(H,69,83)(H,70,84)(H,71,88)(H,72,87)(H,73,91)(H,74,93)(H,75,94)(H,76,95)(H,77,92)(H,78,96)(H,79,89)(H,80,90)(H,97,98)/t30-,31-,32-,33-,34-,35+,37-,38-,39-,40-,41-,42-,46-,47-/m0/s1. The van der Waals surface area contributed by atoms with E-state index < -0.39 is 205 Å². The number of primary amides is 1. The molecule has 1 rings (SSSR count). The molecule has 0 unspecified atom stereocenters. The molecule has 0 aliphatic rings. The summed E-state index contributed by atoms with van der Waals surface area (Å²) in [7, 11) is 0. The molecule has 0 fully saturated rings. The summed E-state index contributed by atoms with van der Waals surface area (Å²) in [4.78, 5) is 217. The van der Waals surface area contributed by atoms with E-state index >= 15 is 0 Å². The highest BCUT2D eigenvalue weighted by molar-refractivity contribution is 7.98. The first-order valence-corrected chi connectivity index (χ1v) is 35.3. The van der Waals surface area contributed by atoms with Crippen LogP contribution in [0.4, 0.5) is 0 Å². The molecule has 38 nitrogen and oxygen atoms in total. The van der Waals surface area contributed by atoms with Gasteiger partial charge in [-0.05, 0) is 130 Å². The van der Waals surface area contributed by atoms with Crippen LogP contribution in [0.25, 0.3) is 0 Å². The lowest BCUT2D eigenvalue weighted by Crippen LogP contribution is -2.61. The second kappa shape index (κ2) is 47.3. The van der Waals surface area contributed by atoms with Crippen molar-refractivity contribution in [2.24, 2.45) is 28.9 Å². The first-order valence-electron chi connectivity index (χ1n) is 32.5. The number of rotatable bonds is 49. The van der Waals surface area contributed by atoms with Gasteiger partial charge in [0.25, 0.3) is 0 Å². The number of aliphatic hydroxyl groups excluding tert-OH is 1. The molecule has 15 amide bonds. The number of nitrogens with one attached hydrogen (secondary N) is 15. The minimum Gasteiger partial charge on any atom is -0.480 e. The number of unbranched alkanes of at least 4 members (excludes halogenated alkanes) is 2. The van der Waals surface area contributed by atoms with Gasteiger partial charge in [0.2, 0.25) is 88.6 Å². The lowest BCUT2D eigenvalue weighted by atomic mass is 10.0. The average Bonchev–Trinajstić information content (AvgIpc) is 1.11. The minimum atomic E-state index is -1.74. The Balaban J connectivity index is 3.15. The number of nitrogens with two attached hydrogens (primary N) is 4. The number of H-pyrrole nitrogens is 1. The van der Waals surface area contributed by atoms with Crippen molar-refractivity contribution in [3.63, 3.8) is 0 Å². The fraction of sp³-hybridized carbons (Fsp3) is 0.683. The number of aromatic nitrogens is 2. The van der Waals surface area contributed by atoms with E-state index in [1.807, 2.05) is 0 Å². The van der Waals surface area contributed by atoms with Crippen LogP contribution >= 0.6 is 23.5 Å². The quantitative estimate of drug-likeness (QED) is 0.0270. The number of aliphatic carboxylic acids is 1. The number of aromatic amines is 1. The molecule has 0 spiro atoms. The molecule has 0 saturated heterocycles. The predicted octanol–water partition coefficient (Wildman–Crippen LogP) is -7.81. The second-order valence-corrected chi connectivity index (χ2v) is 26.0. The van der Waals surface area contributed by atoms with Crippen molar-refractivity contribution in [2.45, 2.75) is 204 Å². The van der Waals surface area contributed by atoms with E-state index in [4.69, 9.17) is 22.9 Å². The van der Waals surface area contributed by atoms with Crippen molar-refractivity contribution in [1.29, 1.82) is 0 Å². The number of carboxylic acid groups (broad SMARTS) is 1. The predicted molar refractivity (Wildman–Crippen MR) is 368 cm³/mol. The molecular formula is C60H104N20O18S2. The van der Waals surface area contributed by atoms with Crippen LogP contribution in [0.1, 0.15) is 119 Å². The molecule has 100 heavy (non-hydrogen) atoms. The van der Waals surface area contributed by atoms with E-state index in [0.717, 1.165) is 0 Å². The highest BCUT2D eigenvalue weighted by Crippen LogP contribution is 2.11. The maximum Gasteiger partial charge on any atom is 0.326 e. The molecule has 0 aliphatic carbocycles. The van der Waals surface area contributed by atoms with E-state index in [9.17, 15) is 86.9 Å². The summed E-state index contributed by atoms with van der Waals surface area (Å²) in [6.07, 6.45) is 5.47. The van der Waals surface area contributed by atoms with Gasteiger partial charge < -0.3 is 113 Å². The first kappa shape index (κ1) is 89.3. The van der Waals surface area contributed by atoms with Gasteiger partial charge in [-0.25, -0.2) is 9.78 Å². The third-order valence-electron chi connectivity index (χ3n) is 15.0. The van der Waals surface area contributed by atoms with E-state index in [1.54, 1.807) is 26.4 Å². The zero-order valence-corrected chi connectivity index (χ0v) is 59.8. The zero-order valence-electron chi connectivity index (χ0n) is 58.1. The van der Waals surface area contributed by atoms with Crippen LogP contribution in [0.5, 0.6) is 0 Å². The number of carbonyl (C=O) groups excluding carboxylic acids is 15. The number of carboxylic acids is 1. The molecule has 1 aromatic heterocycles. The first-order chi connectivity index (χ1) is 47.0. The maximum absolute atomic E-state index is 14.4. The van der Waals surface area contributed by atoms with Gasteiger partial charge in [0, 0.05) is 18.3 Å². The molecule has 1 heterocycles. The van der Waals surface area contributed by atoms with Crippen molar-refractivity contribution in [1.82, 2.24) is 84.4 Å². The monoisotopic (exact) mass is 1460 g/mol. The Morgan fingerprint density at radius 1 is 0.460 bits per heavy atom. The third kappa shape index (κ3) is 34.4. The van der Waals surface area contributed by atoms with Gasteiger partial charge >= 0.3 is 5.97 Å². The number of aliphatic hydroxyl groups is 1. The number of carbonyl (C=O) groups is 16. The Labute approximate surface area is 588 Å². The summed E-state index contributed by atoms with van der Waals surface area (Å²) in [5.41, 5.74) is 23.1. The van der Waals surface area contributed by atoms with E-state index in [0.29, 0.717) is 37.3 Å². The molecule has 0 aliphatic heterocycles. The van der Waals surface area contributed by atoms with Crippen molar-refractivity contribution in [3.05, 3.63) is 18.2 Å². The fourth-order valence-corrected chi connectivity index (χ4v) is 9.94. The van der Waals surface area contributed by atoms with Gasteiger partial charge in [-0.15, -0.1) is 0 Å². The normalized spacial score (nSPS) is 15.3. The van der Waals surface area contributed by atoms with Gasteiger partial charge in [-0.1, -0.05) is 20.3 Å². The van der Waals surface area contributed by atoms with Crippen LogP contribution in [0.2, 0.25) is 0 Å². The number of amides is 15. The minimum absolute atomic E-state index is 0.00489. The van der Waals surface area contributed by atoms with E-state index in [2.05, 4.69) is 84.4 Å². The Morgan fingerprint density at radius 2 is 0.840 bits per heavy atom.